The standard InChI is InChI=1S/C19H21NO4/c1-2-24-17-10-8-16(9-11-17)20-19(23)15(13-18(21)22)12-14-6-4-3-5-7-14/h3-11,15H,2,12-13H2,1H3,(H,20,23)(H,21,22)/p-1/t15-/m1/s1. The van der Waals surface area contributed by atoms with Crippen LogP contribution in [-0.2, 0) is 16.0 Å². The number of hydrogen-bond donors (Lipinski definition) is 1. The highest BCUT2D eigenvalue weighted by Crippen LogP contribution is 2.18. The molecule has 0 aliphatic rings. The lowest BCUT2D eigenvalue weighted by Gasteiger charge is -2.17. The number of benzene rings is 2. The van der Waals surface area contributed by atoms with Crippen molar-refractivity contribution in [2.45, 2.75) is 19.8 Å². The van der Waals surface area contributed by atoms with E-state index in [0.717, 1.165) is 5.56 Å². The molecule has 0 bridgehead atoms. The molecule has 5 heteroatoms. The lowest BCUT2D eigenvalue weighted by atomic mass is 9.95. The van der Waals surface area contributed by atoms with Crippen LogP contribution in [0.4, 0.5) is 5.69 Å². The molecule has 0 fully saturated rings. The van der Waals surface area contributed by atoms with Gasteiger partial charge in [0.1, 0.15) is 5.75 Å². The van der Waals surface area contributed by atoms with Gasteiger partial charge in [-0.15, -0.1) is 0 Å². The molecular weight excluding hydrogens is 306 g/mol. The first-order valence-corrected chi connectivity index (χ1v) is 7.86. The first kappa shape index (κ1) is 17.5. The molecule has 0 saturated heterocycles. The molecule has 0 unspecified atom stereocenters. The molecule has 0 aromatic heterocycles. The number of carboxylic acids is 1. The molecule has 0 heterocycles. The number of carbonyl (C=O) groups is 2. The van der Waals surface area contributed by atoms with Gasteiger partial charge in [0.2, 0.25) is 5.91 Å². The average Bonchev–Trinajstić information content (AvgIpc) is 2.57. The van der Waals surface area contributed by atoms with Crippen molar-refractivity contribution in [3.8, 4) is 5.75 Å². The van der Waals surface area contributed by atoms with Gasteiger partial charge in [-0.1, -0.05) is 30.3 Å². The van der Waals surface area contributed by atoms with Crippen LogP contribution in [0.15, 0.2) is 54.6 Å². The van der Waals surface area contributed by atoms with Crippen molar-refractivity contribution in [1.82, 2.24) is 0 Å². The van der Waals surface area contributed by atoms with Crippen molar-refractivity contribution in [2.75, 3.05) is 11.9 Å². The molecule has 2 rings (SSSR count). The normalized spacial score (nSPS) is 11.5. The summed E-state index contributed by atoms with van der Waals surface area (Å²) in [4.78, 5) is 23.4. The summed E-state index contributed by atoms with van der Waals surface area (Å²) >= 11 is 0. The van der Waals surface area contributed by atoms with Gasteiger partial charge in [-0.2, -0.15) is 0 Å². The number of nitrogens with one attached hydrogen (secondary N) is 1. The lowest BCUT2D eigenvalue weighted by Crippen LogP contribution is -2.32. The maximum Gasteiger partial charge on any atom is 0.228 e. The Bertz CT molecular complexity index is 668. The zero-order valence-electron chi connectivity index (χ0n) is 13.5. The third kappa shape index (κ3) is 5.43. The molecule has 1 atom stereocenters. The third-order valence-corrected chi connectivity index (χ3v) is 3.54. The molecule has 0 saturated carbocycles. The summed E-state index contributed by atoms with van der Waals surface area (Å²) in [5, 5.41) is 13.7. The number of carbonyl (C=O) groups excluding carboxylic acids is 2. The predicted molar refractivity (Wildman–Crippen MR) is 89.5 cm³/mol. The average molecular weight is 326 g/mol. The Labute approximate surface area is 141 Å². The molecule has 0 spiro atoms. The van der Waals surface area contributed by atoms with Crippen LogP contribution in [0.25, 0.3) is 0 Å². The van der Waals surface area contributed by atoms with Crippen molar-refractivity contribution in [3.63, 3.8) is 0 Å². The largest absolute Gasteiger partial charge is 0.550 e. The first-order chi connectivity index (χ1) is 11.6. The molecular formula is C19H20NO4-. The Hall–Kier alpha value is -2.82. The van der Waals surface area contributed by atoms with Crippen molar-refractivity contribution in [1.29, 1.82) is 0 Å². The summed E-state index contributed by atoms with van der Waals surface area (Å²) in [7, 11) is 0. The maximum absolute atomic E-state index is 12.4. The van der Waals surface area contributed by atoms with Crippen LogP contribution in [0.2, 0.25) is 0 Å². The number of carboxylic acid groups (broad SMARTS) is 1. The van der Waals surface area contributed by atoms with Crippen LogP contribution in [0.5, 0.6) is 5.75 Å². The van der Waals surface area contributed by atoms with E-state index in [2.05, 4.69) is 5.32 Å². The van der Waals surface area contributed by atoms with Gasteiger partial charge in [-0.25, -0.2) is 0 Å². The molecule has 0 radical (unpaired) electrons. The van der Waals surface area contributed by atoms with E-state index in [-0.39, 0.29) is 12.3 Å². The molecule has 2 aromatic carbocycles. The van der Waals surface area contributed by atoms with Crippen molar-refractivity contribution in [3.05, 3.63) is 60.2 Å². The molecule has 1 N–H and O–H groups in total. The second-order valence-electron chi connectivity index (χ2n) is 5.41. The predicted octanol–water partition coefficient (Wildman–Crippen LogP) is 2.02. The van der Waals surface area contributed by atoms with Crippen molar-refractivity contribution < 1.29 is 19.4 Å². The van der Waals surface area contributed by atoms with Gasteiger partial charge in [0.25, 0.3) is 0 Å². The van der Waals surface area contributed by atoms with E-state index in [1.165, 1.54) is 0 Å². The summed E-state index contributed by atoms with van der Waals surface area (Å²) in [6.45, 7) is 2.46. The minimum Gasteiger partial charge on any atom is -0.550 e. The van der Waals surface area contributed by atoms with E-state index in [9.17, 15) is 14.7 Å². The van der Waals surface area contributed by atoms with E-state index in [1.807, 2.05) is 37.3 Å². The van der Waals surface area contributed by atoms with E-state index in [4.69, 9.17) is 4.74 Å². The highest BCUT2D eigenvalue weighted by atomic mass is 16.5. The number of rotatable bonds is 8. The van der Waals surface area contributed by atoms with Gasteiger partial charge in [0, 0.05) is 17.6 Å². The van der Waals surface area contributed by atoms with Crippen LogP contribution < -0.4 is 15.2 Å². The van der Waals surface area contributed by atoms with Gasteiger partial charge in [-0.3, -0.25) is 4.79 Å². The molecule has 0 aliphatic carbocycles. The van der Waals surface area contributed by atoms with Crippen molar-refractivity contribution in [2.24, 2.45) is 5.92 Å². The molecule has 5 nitrogen and oxygen atoms in total. The molecule has 1 amide bonds. The first-order valence-electron chi connectivity index (χ1n) is 7.86. The summed E-state index contributed by atoms with van der Waals surface area (Å²) in [5.41, 5.74) is 1.51. The molecule has 24 heavy (non-hydrogen) atoms. The maximum atomic E-state index is 12.4. The van der Waals surface area contributed by atoms with Crippen molar-refractivity contribution >= 4 is 17.6 Å². The van der Waals surface area contributed by atoms with Gasteiger partial charge in [0.05, 0.1) is 6.61 Å². The number of anilines is 1. The minimum atomic E-state index is -1.24. The fourth-order valence-corrected chi connectivity index (χ4v) is 2.40. The Morgan fingerprint density at radius 1 is 1.08 bits per heavy atom. The summed E-state index contributed by atoms with van der Waals surface area (Å²) in [6, 6.07) is 16.3. The van der Waals surface area contributed by atoms with Gasteiger partial charge >= 0.3 is 0 Å². The summed E-state index contributed by atoms with van der Waals surface area (Å²) < 4.78 is 5.35. The smallest absolute Gasteiger partial charge is 0.228 e. The Kier molecular flexibility index (Phi) is 6.37. The van der Waals surface area contributed by atoms with E-state index in [1.54, 1.807) is 24.3 Å². The molecule has 2 aromatic rings. The Balaban J connectivity index is 2.05. The highest BCUT2D eigenvalue weighted by molar-refractivity contribution is 5.94. The number of ether oxygens (including phenoxy) is 1. The van der Waals surface area contributed by atoms with Crippen LogP contribution in [0, 0.1) is 5.92 Å². The monoisotopic (exact) mass is 326 g/mol. The van der Waals surface area contributed by atoms with Gasteiger partial charge < -0.3 is 20.0 Å². The molecule has 126 valence electrons. The Morgan fingerprint density at radius 2 is 1.75 bits per heavy atom. The topological polar surface area (TPSA) is 78.5 Å². The van der Waals surface area contributed by atoms with Crippen LogP contribution >= 0.6 is 0 Å². The van der Waals surface area contributed by atoms with E-state index in [0.29, 0.717) is 24.5 Å². The van der Waals surface area contributed by atoms with E-state index < -0.39 is 11.9 Å². The fourth-order valence-electron chi connectivity index (χ4n) is 2.40. The minimum absolute atomic E-state index is 0.322. The van der Waals surface area contributed by atoms with Gasteiger partial charge in [0.15, 0.2) is 0 Å². The highest BCUT2D eigenvalue weighted by Gasteiger charge is 2.19. The summed E-state index contributed by atoms with van der Waals surface area (Å²) in [5.74, 6) is -1.56. The third-order valence-electron chi connectivity index (χ3n) is 3.54. The van der Waals surface area contributed by atoms with Crippen LogP contribution in [0.1, 0.15) is 18.9 Å². The Morgan fingerprint density at radius 3 is 2.33 bits per heavy atom. The second-order valence-corrected chi connectivity index (χ2v) is 5.41. The number of hydrogen-bond acceptors (Lipinski definition) is 4. The number of amides is 1. The van der Waals surface area contributed by atoms with Gasteiger partial charge in [-0.05, 0) is 49.6 Å². The zero-order chi connectivity index (χ0) is 17.4. The SMILES string of the molecule is CCOc1ccc(NC(=O)[C@@H](CC(=O)[O-])Cc2ccccc2)cc1. The van der Waals surface area contributed by atoms with Crippen LogP contribution in [0.3, 0.4) is 0 Å². The zero-order valence-corrected chi connectivity index (χ0v) is 13.5. The lowest BCUT2D eigenvalue weighted by molar-refractivity contribution is -0.306. The van der Waals surface area contributed by atoms with Crippen LogP contribution in [-0.4, -0.2) is 18.5 Å². The summed E-state index contributed by atoms with van der Waals surface area (Å²) in [6.07, 6.45) is 0.0233. The molecule has 0 aliphatic heterocycles. The quantitative estimate of drug-likeness (QED) is 0.805. The fraction of sp³-hybridized carbons (Fsp3) is 0.263. The second kappa shape index (κ2) is 8.72. The van der Waals surface area contributed by atoms with E-state index >= 15 is 0 Å². The number of aliphatic carboxylic acids is 1.